The van der Waals surface area contributed by atoms with Gasteiger partial charge in [0, 0.05) is 18.7 Å². The van der Waals surface area contributed by atoms with E-state index in [-0.39, 0.29) is 0 Å². The molecule has 1 aromatic heterocycles. The van der Waals surface area contributed by atoms with E-state index in [1.807, 2.05) is 13.1 Å². The monoisotopic (exact) mass is 225 g/mol. The van der Waals surface area contributed by atoms with Crippen molar-refractivity contribution in [3.05, 3.63) is 23.7 Å². The molecule has 0 spiro atoms. The minimum atomic E-state index is 0.581. The highest BCUT2D eigenvalue weighted by Crippen LogP contribution is 2.11. The van der Waals surface area contributed by atoms with Crippen molar-refractivity contribution in [2.75, 3.05) is 13.7 Å². The van der Waals surface area contributed by atoms with Crippen molar-refractivity contribution < 1.29 is 9.15 Å². The lowest BCUT2D eigenvalue weighted by Crippen LogP contribution is -2.05. The molecule has 1 rings (SSSR count). The summed E-state index contributed by atoms with van der Waals surface area (Å²) in [6, 6.07) is 2.04. The van der Waals surface area contributed by atoms with Crippen LogP contribution < -0.4 is 5.32 Å². The summed E-state index contributed by atoms with van der Waals surface area (Å²) in [6.45, 7) is 6.66. The van der Waals surface area contributed by atoms with Crippen LogP contribution in [0.3, 0.4) is 0 Å². The molecule has 0 saturated carbocycles. The van der Waals surface area contributed by atoms with E-state index in [1.165, 1.54) is 18.4 Å². The fourth-order valence-electron chi connectivity index (χ4n) is 1.74. The molecule has 0 radical (unpaired) electrons. The van der Waals surface area contributed by atoms with Gasteiger partial charge in [-0.1, -0.05) is 20.3 Å². The normalized spacial score (nSPS) is 12.9. The SMILES string of the molecule is CCCC(C)COCc1cc(CNC)co1. The predicted octanol–water partition coefficient (Wildman–Crippen LogP) is 2.95. The first kappa shape index (κ1) is 13.3. The van der Waals surface area contributed by atoms with E-state index in [0.717, 1.165) is 18.9 Å². The molecule has 1 aromatic rings. The molecule has 0 aliphatic heterocycles. The van der Waals surface area contributed by atoms with Crippen LogP contribution in [0.1, 0.15) is 38.0 Å². The van der Waals surface area contributed by atoms with Crippen LogP contribution in [-0.2, 0) is 17.9 Å². The van der Waals surface area contributed by atoms with Gasteiger partial charge in [-0.3, -0.25) is 0 Å². The van der Waals surface area contributed by atoms with Gasteiger partial charge >= 0.3 is 0 Å². The molecule has 1 N–H and O–H groups in total. The maximum Gasteiger partial charge on any atom is 0.129 e. The summed E-state index contributed by atoms with van der Waals surface area (Å²) < 4.78 is 11.0. The van der Waals surface area contributed by atoms with E-state index in [9.17, 15) is 0 Å². The Balaban J connectivity index is 2.21. The quantitative estimate of drug-likeness (QED) is 0.738. The van der Waals surface area contributed by atoms with E-state index in [2.05, 4.69) is 19.2 Å². The molecule has 0 aliphatic rings. The van der Waals surface area contributed by atoms with Gasteiger partial charge in [-0.2, -0.15) is 0 Å². The molecule has 1 heterocycles. The second-order valence-electron chi connectivity index (χ2n) is 4.36. The van der Waals surface area contributed by atoms with Gasteiger partial charge in [0.1, 0.15) is 12.4 Å². The van der Waals surface area contributed by atoms with Crippen molar-refractivity contribution in [1.82, 2.24) is 5.32 Å². The van der Waals surface area contributed by atoms with E-state index < -0.39 is 0 Å². The third-order valence-electron chi connectivity index (χ3n) is 2.52. The zero-order valence-corrected chi connectivity index (χ0v) is 10.6. The van der Waals surface area contributed by atoms with Gasteiger partial charge in [-0.15, -0.1) is 0 Å². The van der Waals surface area contributed by atoms with Gasteiger partial charge < -0.3 is 14.5 Å². The molecule has 0 aromatic carbocycles. The lowest BCUT2D eigenvalue weighted by molar-refractivity contribution is 0.0776. The third-order valence-corrected chi connectivity index (χ3v) is 2.52. The van der Waals surface area contributed by atoms with E-state index in [1.54, 1.807) is 6.26 Å². The summed E-state index contributed by atoms with van der Waals surface area (Å²) in [6.07, 6.45) is 4.23. The van der Waals surface area contributed by atoms with Gasteiger partial charge in [-0.25, -0.2) is 0 Å². The smallest absolute Gasteiger partial charge is 0.129 e. The molecule has 1 unspecified atom stereocenters. The Morgan fingerprint density at radius 2 is 2.31 bits per heavy atom. The zero-order valence-electron chi connectivity index (χ0n) is 10.6. The summed E-state index contributed by atoms with van der Waals surface area (Å²) in [5, 5.41) is 3.09. The maximum absolute atomic E-state index is 5.61. The van der Waals surface area contributed by atoms with Crippen molar-refractivity contribution in [1.29, 1.82) is 0 Å². The first-order valence-corrected chi connectivity index (χ1v) is 6.04. The molecule has 92 valence electrons. The fourth-order valence-corrected chi connectivity index (χ4v) is 1.74. The average molecular weight is 225 g/mol. The van der Waals surface area contributed by atoms with Crippen LogP contribution in [0.2, 0.25) is 0 Å². The fraction of sp³-hybridized carbons (Fsp3) is 0.692. The van der Waals surface area contributed by atoms with Crippen molar-refractivity contribution in [3.63, 3.8) is 0 Å². The van der Waals surface area contributed by atoms with Crippen molar-refractivity contribution in [3.8, 4) is 0 Å². The summed E-state index contributed by atoms with van der Waals surface area (Å²) in [5.41, 5.74) is 1.17. The van der Waals surface area contributed by atoms with Crippen LogP contribution in [0.5, 0.6) is 0 Å². The number of furan rings is 1. The number of hydrogen-bond donors (Lipinski definition) is 1. The molecule has 0 bridgehead atoms. The number of nitrogens with one attached hydrogen (secondary N) is 1. The largest absolute Gasteiger partial charge is 0.467 e. The standard InChI is InChI=1S/C13H23NO2/c1-4-5-11(2)8-15-10-13-6-12(7-14-3)9-16-13/h6,9,11,14H,4-5,7-8,10H2,1-3H3. The highest BCUT2D eigenvalue weighted by molar-refractivity contribution is 5.11. The molecule has 3 heteroatoms. The molecule has 0 fully saturated rings. The van der Waals surface area contributed by atoms with Crippen LogP contribution in [0.15, 0.2) is 16.7 Å². The van der Waals surface area contributed by atoms with Crippen LogP contribution in [0, 0.1) is 5.92 Å². The van der Waals surface area contributed by atoms with Crippen LogP contribution >= 0.6 is 0 Å². The van der Waals surface area contributed by atoms with Crippen molar-refractivity contribution in [2.24, 2.45) is 5.92 Å². The van der Waals surface area contributed by atoms with Gasteiger partial charge in [0.2, 0.25) is 0 Å². The summed E-state index contributed by atoms with van der Waals surface area (Å²) in [5.74, 6) is 1.55. The Bertz CT molecular complexity index is 283. The zero-order chi connectivity index (χ0) is 11.8. The van der Waals surface area contributed by atoms with Gasteiger partial charge in [0.25, 0.3) is 0 Å². The van der Waals surface area contributed by atoms with Gasteiger partial charge in [-0.05, 0) is 25.5 Å². The third kappa shape index (κ3) is 4.81. The van der Waals surface area contributed by atoms with Crippen LogP contribution in [0.25, 0.3) is 0 Å². The Hall–Kier alpha value is -0.800. The summed E-state index contributed by atoms with van der Waals surface area (Å²) >= 11 is 0. The first-order chi connectivity index (χ1) is 7.76. The molecular weight excluding hydrogens is 202 g/mol. The number of ether oxygens (including phenoxy) is 1. The van der Waals surface area contributed by atoms with E-state index in [0.29, 0.717) is 12.5 Å². The average Bonchev–Trinajstić information content (AvgIpc) is 2.67. The highest BCUT2D eigenvalue weighted by Gasteiger charge is 2.04. The van der Waals surface area contributed by atoms with Crippen LogP contribution in [-0.4, -0.2) is 13.7 Å². The molecular formula is C13H23NO2. The Morgan fingerprint density at radius 1 is 1.50 bits per heavy atom. The molecule has 1 atom stereocenters. The minimum Gasteiger partial charge on any atom is -0.467 e. The molecule has 0 amide bonds. The second kappa shape index (κ2) is 7.47. The predicted molar refractivity (Wildman–Crippen MR) is 65.2 cm³/mol. The van der Waals surface area contributed by atoms with Gasteiger partial charge in [0.05, 0.1) is 6.26 Å². The topological polar surface area (TPSA) is 34.4 Å². The highest BCUT2D eigenvalue weighted by atomic mass is 16.5. The Labute approximate surface area is 98.2 Å². The minimum absolute atomic E-state index is 0.581. The van der Waals surface area contributed by atoms with Crippen LogP contribution in [0.4, 0.5) is 0 Å². The number of rotatable bonds is 8. The maximum atomic E-state index is 5.61. The Kier molecular flexibility index (Phi) is 6.19. The molecule has 16 heavy (non-hydrogen) atoms. The summed E-state index contributed by atoms with van der Waals surface area (Å²) in [4.78, 5) is 0. The summed E-state index contributed by atoms with van der Waals surface area (Å²) in [7, 11) is 1.93. The Morgan fingerprint density at radius 3 is 3.00 bits per heavy atom. The molecule has 0 saturated heterocycles. The lowest BCUT2D eigenvalue weighted by Gasteiger charge is -2.09. The second-order valence-corrected chi connectivity index (χ2v) is 4.36. The van der Waals surface area contributed by atoms with E-state index >= 15 is 0 Å². The van der Waals surface area contributed by atoms with Crippen molar-refractivity contribution >= 4 is 0 Å². The first-order valence-electron chi connectivity index (χ1n) is 6.04. The van der Waals surface area contributed by atoms with Gasteiger partial charge in [0.15, 0.2) is 0 Å². The lowest BCUT2D eigenvalue weighted by atomic mass is 10.1. The van der Waals surface area contributed by atoms with E-state index in [4.69, 9.17) is 9.15 Å². The number of hydrogen-bond acceptors (Lipinski definition) is 3. The molecule has 3 nitrogen and oxygen atoms in total. The van der Waals surface area contributed by atoms with Crippen molar-refractivity contribution in [2.45, 2.75) is 39.8 Å². The molecule has 0 aliphatic carbocycles.